The SMILES string of the molecule is Cc1cc(CC(N)c2nc(CN(C)C)no2)cc2cn[nH]c12. The monoisotopic (exact) mass is 300 g/mol. The highest BCUT2D eigenvalue weighted by molar-refractivity contribution is 5.81. The van der Waals surface area contributed by atoms with E-state index in [-0.39, 0.29) is 6.04 Å². The summed E-state index contributed by atoms with van der Waals surface area (Å²) in [5.41, 5.74) is 9.55. The fourth-order valence-corrected chi connectivity index (χ4v) is 2.54. The molecule has 0 fully saturated rings. The molecular weight excluding hydrogens is 280 g/mol. The summed E-state index contributed by atoms with van der Waals surface area (Å²) in [6, 6.07) is 3.88. The van der Waals surface area contributed by atoms with E-state index in [0.29, 0.717) is 24.7 Å². The Morgan fingerprint density at radius 1 is 1.36 bits per heavy atom. The van der Waals surface area contributed by atoms with Crippen LogP contribution >= 0.6 is 0 Å². The minimum atomic E-state index is -0.313. The molecule has 116 valence electrons. The lowest BCUT2D eigenvalue weighted by Gasteiger charge is -2.08. The topological polar surface area (TPSA) is 96.9 Å². The molecule has 0 saturated heterocycles. The lowest BCUT2D eigenvalue weighted by atomic mass is 10.0. The second-order valence-electron chi connectivity index (χ2n) is 5.84. The second kappa shape index (κ2) is 5.86. The van der Waals surface area contributed by atoms with E-state index in [1.165, 1.54) is 0 Å². The average molecular weight is 300 g/mol. The van der Waals surface area contributed by atoms with E-state index in [1.807, 2.05) is 25.2 Å². The van der Waals surface area contributed by atoms with Crippen LogP contribution in [0.2, 0.25) is 0 Å². The number of fused-ring (bicyclic) bond motifs is 1. The van der Waals surface area contributed by atoms with Crippen molar-refractivity contribution in [2.45, 2.75) is 25.9 Å². The Labute approximate surface area is 128 Å². The first-order valence-corrected chi connectivity index (χ1v) is 7.18. The van der Waals surface area contributed by atoms with Crippen LogP contribution in [-0.2, 0) is 13.0 Å². The van der Waals surface area contributed by atoms with Gasteiger partial charge in [0, 0.05) is 5.39 Å². The Morgan fingerprint density at radius 2 is 2.18 bits per heavy atom. The van der Waals surface area contributed by atoms with Gasteiger partial charge in [-0.25, -0.2) is 0 Å². The highest BCUT2D eigenvalue weighted by Crippen LogP contribution is 2.21. The number of nitrogens with zero attached hydrogens (tertiary/aromatic N) is 4. The first-order chi connectivity index (χ1) is 10.5. The lowest BCUT2D eigenvalue weighted by molar-refractivity contribution is 0.336. The van der Waals surface area contributed by atoms with E-state index in [2.05, 4.69) is 39.4 Å². The van der Waals surface area contributed by atoms with Crippen molar-refractivity contribution in [2.24, 2.45) is 5.73 Å². The number of aromatic nitrogens is 4. The van der Waals surface area contributed by atoms with Crippen LogP contribution in [0.4, 0.5) is 0 Å². The van der Waals surface area contributed by atoms with Crippen LogP contribution in [-0.4, -0.2) is 39.3 Å². The molecule has 1 atom stereocenters. The maximum atomic E-state index is 6.21. The molecule has 7 nitrogen and oxygen atoms in total. The van der Waals surface area contributed by atoms with Crippen molar-refractivity contribution < 1.29 is 4.52 Å². The Bertz CT molecular complexity index is 775. The van der Waals surface area contributed by atoms with Crippen LogP contribution in [0.3, 0.4) is 0 Å². The van der Waals surface area contributed by atoms with E-state index in [0.717, 1.165) is 22.0 Å². The van der Waals surface area contributed by atoms with Gasteiger partial charge < -0.3 is 15.2 Å². The quantitative estimate of drug-likeness (QED) is 0.742. The van der Waals surface area contributed by atoms with Gasteiger partial charge >= 0.3 is 0 Å². The molecule has 3 N–H and O–H groups in total. The summed E-state index contributed by atoms with van der Waals surface area (Å²) < 4.78 is 5.27. The van der Waals surface area contributed by atoms with Crippen LogP contribution in [0.5, 0.6) is 0 Å². The third-order valence-electron chi connectivity index (χ3n) is 3.52. The third kappa shape index (κ3) is 3.00. The molecule has 1 aromatic carbocycles. The summed E-state index contributed by atoms with van der Waals surface area (Å²) >= 11 is 0. The maximum Gasteiger partial charge on any atom is 0.243 e. The zero-order valence-corrected chi connectivity index (χ0v) is 13.0. The highest BCUT2D eigenvalue weighted by Gasteiger charge is 2.16. The summed E-state index contributed by atoms with van der Waals surface area (Å²) in [6.07, 6.45) is 2.46. The molecule has 3 aromatic rings. The van der Waals surface area contributed by atoms with E-state index < -0.39 is 0 Å². The smallest absolute Gasteiger partial charge is 0.243 e. The van der Waals surface area contributed by atoms with Crippen molar-refractivity contribution in [3.05, 3.63) is 41.2 Å². The van der Waals surface area contributed by atoms with Gasteiger partial charge in [0.25, 0.3) is 0 Å². The molecule has 0 saturated carbocycles. The summed E-state index contributed by atoms with van der Waals surface area (Å²) in [7, 11) is 3.91. The minimum absolute atomic E-state index is 0.313. The third-order valence-corrected chi connectivity index (χ3v) is 3.52. The second-order valence-corrected chi connectivity index (χ2v) is 5.84. The van der Waals surface area contributed by atoms with Crippen LogP contribution in [0.15, 0.2) is 22.9 Å². The molecule has 0 aliphatic rings. The Kier molecular flexibility index (Phi) is 3.91. The van der Waals surface area contributed by atoms with E-state index >= 15 is 0 Å². The van der Waals surface area contributed by atoms with Crippen LogP contribution in [0.1, 0.15) is 28.9 Å². The van der Waals surface area contributed by atoms with Gasteiger partial charge in [-0.05, 0) is 44.6 Å². The van der Waals surface area contributed by atoms with Gasteiger partial charge in [-0.2, -0.15) is 10.1 Å². The molecule has 2 aromatic heterocycles. The zero-order chi connectivity index (χ0) is 15.7. The summed E-state index contributed by atoms with van der Waals surface area (Å²) in [4.78, 5) is 6.34. The van der Waals surface area contributed by atoms with Gasteiger partial charge in [-0.3, -0.25) is 5.10 Å². The first-order valence-electron chi connectivity index (χ1n) is 7.18. The summed E-state index contributed by atoms with van der Waals surface area (Å²) in [6.45, 7) is 2.69. The maximum absolute atomic E-state index is 6.21. The van der Waals surface area contributed by atoms with Crippen molar-refractivity contribution in [2.75, 3.05) is 14.1 Å². The number of nitrogens with two attached hydrogens (primary N) is 1. The molecule has 0 amide bonds. The standard InChI is InChI=1S/C15H20N6O/c1-9-4-10(5-11-7-17-19-14(9)11)6-12(16)15-18-13(20-22-15)8-21(2)3/h4-5,7,12H,6,8,16H2,1-3H3,(H,17,19). The van der Waals surface area contributed by atoms with Crippen molar-refractivity contribution in [3.8, 4) is 0 Å². The van der Waals surface area contributed by atoms with Gasteiger partial charge in [0.05, 0.1) is 24.3 Å². The van der Waals surface area contributed by atoms with Crippen molar-refractivity contribution in [1.29, 1.82) is 0 Å². The average Bonchev–Trinajstić information content (AvgIpc) is 3.06. The Hall–Kier alpha value is -2.25. The number of hydrogen-bond donors (Lipinski definition) is 2. The zero-order valence-electron chi connectivity index (χ0n) is 13.0. The minimum Gasteiger partial charge on any atom is -0.338 e. The number of aryl methyl sites for hydroxylation is 1. The molecule has 7 heteroatoms. The van der Waals surface area contributed by atoms with Gasteiger partial charge in [0.1, 0.15) is 0 Å². The van der Waals surface area contributed by atoms with Gasteiger partial charge in [0.15, 0.2) is 5.82 Å². The normalized spacial score (nSPS) is 13.1. The van der Waals surface area contributed by atoms with Gasteiger partial charge in [-0.15, -0.1) is 0 Å². The first kappa shape index (κ1) is 14.7. The van der Waals surface area contributed by atoms with Crippen LogP contribution in [0.25, 0.3) is 10.9 Å². The lowest BCUT2D eigenvalue weighted by Crippen LogP contribution is -2.15. The Balaban J connectivity index is 1.77. The Morgan fingerprint density at radius 3 is 2.95 bits per heavy atom. The molecule has 0 aliphatic heterocycles. The number of nitrogens with one attached hydrogen (secondary N) is 1. The van der Waals surface area contributed by atoms with Crippen LogP contribution in [0, 0.1) is 6.92 Å². The predicted molar refractivity (Wildman–Crippen MR) is 83.2 cm³/mol. The number of H-pyrrole nitrogens is 1. The highest BCUT2D eigenvalue weighted by atomic mass is 16.5. The molecular formula is C15H20N6O. The number of benzene rings is 1. The van der Waals surface area contributed by atoms with E-state index in [9.17, 15) is 0 Å². The van der Waals surface area contributed by atoms with E-state index in [1.54, 1.807) is 0 Å². The van der Waals surface area contributed by atoms with Gasteiger partial charge in [-0.1, -0.05) is 11.2 Å². The summed E-state index contributed by atoms with van der Waals surface area (Å²) in [5, 5.41) is 12.1. The number of aromatic amines is 1. The molecule has 0 bridgehead atoms. The van der Waals surface area contributed by atoms with Crippen molar-refractivity contribution in [3.63, 3.8) is 0 Å². The fourth-order valence-electron chi connectivity index (χ4n) is 2.54. The van der Waals surface area contributed by atoms with Crippen molar-refractivity contribution in [1.82, 2.24) is 25.2 Å². The molecule has 0 aliphatic carbocycles. The summed E-state index contributed by atoms with van der Waals surface area (Å²) in [5.74, 6) is 1.12. The fraction of sp³-hybridized carbons (Fsp3) is 0.400. The number of hydrogen-bond acceptors (Lipinski definition) is 6. The molecule has 3 rings (SSSR count). The largest absolute Gasteiger partial charge is 0.338 e. The number of rotatable bonds is 5. The predicted octanol–water partition coefficient (Wildman–Crippen LogP) is 1.56. The molecule has 22 heavy (non-hydrogen) atoms. The molecule has 0 spiro atoms. The van der Waals surface area contributed by atoms with E-state index in [4.69, 9.17) is 10.3 Å². The molecule has 0 radical (unpaired) electrons. The van der Waals surface area contributed by atoms with Crippen molar-refractivity contribution >= 4 is 10.9 Å². The van der Waals surface area contributed by atoms with Crippen LogP contribution < -0.4 is 5.73 Å². The molecule has 1 unspecified atom stereocenters. The van der Waals surface area contributed by atoms with Gasteiger partial charge in [0.2, 0.25) is 5.89 Å². The molecule has 2 heterocycles.